The van der Waals surface area contributed by atoms with E-state index in [1.165, 1.54) is 44.2 Å². The van der Waals surface area contributed by atoms with Gasteiger partial charge in [0.05, 0.1) is 19.8 Å². The van der Waals surface area contributed by atoms with Crippen molar-refractivity contribution in [2.24, 2.45) is 0 Å². The minimum absolute atomic E-state index is 0.0617. The Morgan fingerprint density at radius 3 is 2.48 bits per heavy atom. The van der Waals surface area contributed by atoms with Gasteiger partial charge in [-0.2, -0.15) is 8.78 Å². The molecule has 0 heterocycles. The van der Waals surface area contributed by atoms with Crippen LogP contribution in [0.1, 0.15) is 48.5 Å². The Balaban J connectivity index is 1.74. The maximum atomic E-state index is 12.5. The number of ether oxygens (including phenoxy) is 4. The standard InChI is InChI=1S/C24H26F2O5/c1-3-29-23-14-16(9-12-21(23)30-18-6-4-5-7-18)8-11-19(27)17-10-13-20(31-24(25)26)22(15-17)28-2/h8-15,18,24H,3-7H2,1-2H3/b11-8+. The molecule has 1 fully saturated rings. The molecule has 2 aromatic rings. The van der Waals surface area contributed by atoms with Crippen LogP contribution in [-0.4, -0.2) is 32.2 Å². The second-order valence-corrected chi connectivity index (χ2v) is 7.11. The summed E-state index contributed by atoms with van der Waals surface area (Å²) in [5.41, 5.74) is 1.07. The Labute approximate surface area is 180 Å². The molecular formula is C24H26F2O5. The van der Waals surface area contributed by atoms with Crippen molar-refractivity contribution in [2.75, 3.05) is 13.7 Å². The summed E-state index contributed by atoms with van der Waals surface area (Å²) in [4.78, 5) is 12.5. The molecule has 0 amide bonds. The number of carbonyl (C=O) groups is 1. The molecule has 166 valence electrons. The highest BCUT2D eigenvalue weighted by molar-refractivity contribution is 6.07. The van der Waals surface area contributed by atoms with Crippen LogP contribution < -0.4 is 18.9 Å². The van der Waals surface area contributed by atoms with E-state index in [9.17, 15) is 13.6 Å². The first-order chi connectivity index (χ1) is 15.0. The number of rotatable bonds is 10. The zero-order valence-electron chi connectivity index (χ0n) is 17.6. The van der Waals surface area contributed by atoms with E-state index in [-0.39, 0.29) is 23.4 Å². The maximum absolute atomic E-state index is 12.5. The van der Waals surface area contributed by atoms with Gasteiger partial charge in [0, 0.05) is 5.56 Å². The van der Waals surface area contributed by atoms with E-state index in [0.29, 0.717) is 23.7 Å². The molecule has 0 N–H and O–H groups in total. The summed E-state index contributed by atoms with van der Waals surface area (Å²) in [6.45, 7) is -0.573. The number of ketones is 1. The van der Waals surface area contributed by atoms with Crippen molar-refractivity contribution in [2.45, 2.75) is 45.3 Å². The predicted octanol–water partition coefficient (Wildman–Crippen LogP) is 5.91. The molecule has 1 saturated carbocycles. The van der Waals surface area contributed by atoms with Crippen molar-refractivity contribution in [1.82, 2.24) is 0 Å². The van der Waals surface area contributed by atoms with Crippen molar-refractivity contribution >= 4 is 11.9 Å². The van der Waals surface area contributed by atoms with E-state index in [0.717, 1.165) is 18.4 Å². The van der Waals surface area contributed by atoms with Crippen LogP contribution in [0.15, 0.2) is 42.5 Å². The number of alkyl halides is 2. The van der Waals surface area contributed by atoms with Gasteiger partial charge in [0.15, 0.2) is 28.8 Å². The lowest BCUT2D eigenvalue weighted by atomic mass is 10.1. The molecule has 0 aromatic heterocycles. The fourth-order valence-corrected chi connectivity index (χ4v) is 3.46. The number of benzene rings is 2. The summed E-state index contributed by atoms with van der Waals surface area (Å²) in [5.74, 6) is 0.978. The van der Waals surface area contributed by atoms with E-state index >= 15 is 0 Å². The highest BCUT2D eigenvalue weighted by Gasteiger charge is 2.18. The van der Waals surface area contributed by atoms with Gasteiger partial charge in [-0.05, 0) is 74.6 Å². The summed E-state index contributed by atoms with van der Waals surface area (Å²) in [5, 5.41) is 0. The number of halogens is 2. The fourth-order valence-electron chi connectivity index (χ4n) is 3.46. The number of carbonyl (C=O) groups excluding carboxylic acids is 1. The molecule has 0 radical (unpaired) electrons. The second-order valence-electron chi connectivity index (χ2n) is 7.11. The summed E-state index contributed by atoms with van der Waals surface area (Å²) in [6, 6.07) is 9.61. The van der Waals surface area contributed by atoms with Gasteiger partial charge in [-0.25, -0.2) is 0 Å². The van der Waals surface area contributed by atoms with E-state index < -0.39 is 6.61 Å². The lowest BCUT2D eigenvalue weighted by Crippen LogP contribution is -2.11. The van der Waals surface area contributed by atoms with E-state index in [1.807, 2.05) is 25.1 Å². The molecule has 31 heavy (non-hydrogen) atoms. The van der Waals surface area contributed by atoms with E-state index in [2.05, 4.69) is 4.74 Å². The molecule has 3 rings (SSSR count). The average Bonchev–Trinajstić information content (AvgIpc) is 3.27. The molecule has 0 unspecified atom stereocenters. The van der Waals surface area contributed by atoms with Crippen LogP contribution in [0.5, 0.6) is 23.0 Å². The van der Waals surface area contributed by atoms with Crippen LogP contribution in [0.3, 0.4) is 0 Å². The molecule has 1 aliphatic rings. The molecule has 1 aliphatic carbocycles. The summed E-state index contributed by atoms with van der Waals surface area (Å²) >= 11 is 0. The third-order valence-corrected chi connectivity index (χ3v) is 4.95. The Morgan fingerprint density at radius 2 is 1.81 bits per heavy atom. The first-order valence-electron chi connectivity index (χ1n) is 10.3. The van der Waals surface area contributed by atoms with Gasteiger partial charge in [0.2, 0.25) is 0 Å². The smallest absolute Gasteiger partial charge is 0.387 e. The summed E-state index contributed by atoms with van der Waals surface area (Å²) in [6.07, 6.45) is 7.74. The molecule has 0 spiro atoms. The van der Waals surface area contributed by atoms with Crippen LogP contribution in [0.2, 0.25) is 0 Å². The van der Waals surface area contributed by atoms with Gasteiger partial charge in [-0.3, -0.25) is 4.79 Å². The molecule has 5 nitrogen and oxygen atoms in total. The molecule has 0 aliphatic heterocycles. The lowest BCUT2D eigenvalue weighted by Gasteiger charge is -2.17. The van der Waals surface area contributed by atoms with Crippen LogP contribution in [0.4, 0.5) is 8.78 Å². The Morgan fingerprint density at radius 1 is 1.06 bits per heavy atom. The third-order valence-electron chi connectivity index (χ3n) is 4.95. The average molecular weight is 432 g/mol. The van der Waals surface area contributed by atoms with Crippen molar-refractivity contribution in [3.63, 3.8) is 0 Å². The number of hydrogen-bond donors (Lipinski definition) is 0. The summed E-state index contributed by atoms with van der Waals surface area (Å²) < 4.78 is 46.1. The van der Waals surface area contributed by atoms with E-state index in [1.54, 1.807) is 6.08 Å². The van der Waals surface area contributed by atoms with Crippen LogP contribution in [0, 0.1) is 0 Å². The molecule has 2 aromatic carbocycles. The first kappa shape index (κ1) is 22.6. The number of methoxy groups -OCH3 is 1. The van der Waals surface area contributed by atoms with Gasteiger partial charge in [0.1, 0.15) is 0 Å². The largest absolute Gasteiger partial charge is 0.493 e. The maximum Gasteiger partial charge on any atom is 0.387 e. The predicted molar refractivity (Wildman–Crippen MR) is 113 cm³/mol. The Kier molecular flexibility index (Phi) is 7.87. The van der Waals surface area contributed by atoms with Gasteiger partial charge in [-0.15, -0.1) is 0 Å². The minimum Gasteiger partial charge on any atom is -0.493 e. The SMILES string of the molecule is CCOc1cc(/C=C/C(=O)c2ccc(OC(F)F)c(OC)c2)ccc1OC1CCCC1. The quantitative estimate of drug-likeness (QED) is 0.345. The fraction of sp³-hybridized carbons (Fsp3) is 0.375. The zero-order valence-corrected chi connectivity index (χ0v) is 17.6. The van der Waals surface area contributed by atoms with Gasteiger partial charge < -0.3 is 18.9 Å². The number of allylic oxidation sites excluding steroid dienone is 1. The molecule has 0 atom stereocenters. The van der Waals surface area contributed by atoms with Gasteiger partial charge in [0.25, 0.3) is 0 Å². The molecule has 0 bridgehead atoms. The van der Waals surface area contributed by atoms with Crippen molar-refractivity contribution in [3.8, 4) is 23.0 Å². The Bertz CT molecular complexity index is 920. The third kappa shape index (κ3) is 6.20. The molecular weight excluding hydrogens is 406 g/mol. The lowest BCUT2D eigenvalue weighted by molar-refractivity contribution is -0.0512. The molecule has 7 heteroatoms. The van der Waals surface area contributed by atoms with Crippen molar-refractivity contribution in [1.29, 1.82) is 0 Å². The van der Waals surface area contributed by atoms with Crippen molar-refractivity contribution in [3.05, 3.63) is 53.6 Å². The number of hydrogen-bond acceptors (Lipinski definition) is 5. The normalized spacial score (nSPS) is 14.2. The minimum atomic E-state index is -2.98. The second kappa shape index (κ2) is 10.8. The van der Waals surface area contributed by atoms with Crippen LogP contribution in [0.25, 0.3) is 6.08 Å². The first-order valence-corrected chi connectivity index (χ1v) is 10.3. The van der Waals surface area contributed by atoms with Crippen LogP contribution in [-0.2, 0) is 0 Å². The monoisotopic (exact) mass is 432 g/mol. The van der Waals surface area contributed by atoms with E-state index in [4.69, 9.17) is 14.2 Å². The topological polar surface area (TPSA) is 54.0 Å². The zero-order chi connectivity index (χ0) is 22.2. The molecule has 0 saturated heterocycles. The highest BCUT2D eigenvalue weighted by Crippen LogP contribution is 2.33. The van der Waals surface area contributed by atoms with Gasteiger partial charge >= 0.3 is 6.61 Å². The highest BCUT2D eigenvalue weighted by atomic mass is 19.3. The van der Waals surface area contributed by atoms with Crippen LogP contribution >= 0.6 is 0 Å². The van der Waals surface area contributed by atoms with Crippen molar-refractivity contribution < 1.29 is 32.5 Å². The van der Waals surface area contributed by atoms with Gasteiger partial charge in [-0.1, -0.05) is 12.1 Å². The summed E-state index contributed by atoms with van der Waals surface area (Å²) in [7, 11) is 1.32. The Hall–Kier alpha value is -3.09.